The van der Waals surface area contributed by atoms with Crippen molar-refractivity contribution in [3.63, 3.8) is 0 Å². The second-order valence-corrected chi connectivity index (χ2v) is 2.69. The normalized spacial score (nSPS) is 10.1. The van der Waals surface area contributed by atoms with Gasteiger partial charge in [-0.1, -0.05) is 20.6 Å². The van der Waals surface area contributed by atoms with Gasteiger partial charge in [0.15, 0.2) is 0 Å². The summed E-state index contributed by atoms with van der Waals surface area (Å²) in [5.74, 6) is -0.841. The van der Waals surface area contributed by atoms with E-state index >= 15 is 0 Å². The maximum Gasteiger partial charge on any atom is 0.144 e. The van der Waals surface area contributed by atoms with E-state index in [-0.39, 0.29) is 0 Å². The van der Waals surface area contributed by atoms with Crippen LogP contribution >= 0.6 is 11.6 Å². The minimum Gasteiger partial charge on any atom is -0.205 e. The van der Waals surface area contributed by atoms with Gasteiger partial charge in [0.25, 0.3) is 0 Å². The summed E-state index contributed by atoms with van der Waals surface area (Å²) in [6.07, 6.45) is 0. The summed E-state index contributed by atoms with van der Waals surface area (Å²) < 4.78 is 36.6. The number of benzene rings is 1. The number of halogens is 4. The van der Waals surface area contributed by atoms with E-state index in [4.69, 9.17) is 11.6 Å². The van der Waals surface area contributed by atoms with E-state index in [0.29, 0.717) is 5.56 Å². The first kappa shape index (κ1) is 9.19. The second-order valence-electron chi connectivity index (χ2n) is 2.31. The molecule has 0 fully saturated rings. The zero-order chi connectivity index (χ0) is 9.30. The van der Waals surface area contributed by atoms with Crippen molar-refractivity contribution in [1.82, 2.24) is 0 Å². The molecule has 0 aliphatic carbocycles. The van der Waals surface area contributed by atoms with Crippen LogP contribution < -0.4 is 5.34 Å². The SMILES string of the molecule is Cc1cc(F)c(Cl)c(N(F)F)c1. The Bertz CT molecular complexity index is 301. The van der Waals surface area contributed by atoms with E-state index in [9.17, 15) is 13.4 Å². The van der Waals surface area contributed by atoms with Crippen molar-refractivity contribution in [2.75, 3.05) is 5.34 Å². The highest BCUT2D eigenvalue weighted by atomic mass is 35.5. The fraction of sp³-hybridized carbons (Fsp3) is 0.143. The molecule has 0 aromatic heterocycles. The molecule has 0 bridgehead atoms. The van der Waals surface area contributed by atoms with Crippen LogP contribution in [-0.4, -0.2) is 0 Å². The van der Waals surface area contributed by atoms with Crippen molar-refractivity contribution in [1.29, 1.82) is 0 Å². The number of nitrogens with zero attached hydrogens (tertiary/aromatic N) is 1. The minimum absolute atomic E-state index is 0.396. The van der Waals surface area contributed by atoms with Gasteiger partial charge in [0, 0.05) is 0 Å². The zero-order valence-corrected chi connectivity index (χ0v) is 6.87. The van der Waals surface area contributed by atoms with Crippen LogP contribution in [0.25, 0.3) is 0 Å². The van der Waals surface area contributed by atoms with Gasteiger partial charge in [0.05, 0.1) is 0 Å². The van der Waals surface area contributed by atoms with Crippen molar-refractivity contribution < 1.29 is 13.4 Å². The number of hydrogen-bond acceptors (Lipinski definition) is 1. The van der Waals surface area contributed by atoms with Gasteiger partial charge in [-0.15, -0.1) is 0 Å². The zero-order valence-electron chi connectivity index (χ0n) is 6.11. The average molecular weight is 196 g/mol. The smallest absolute Gasteiger partial charge is 0.144 e. The van der Waals surface area contributed by atoms with E-state index in [2.05, 4.69) is 0 Å². The third-order valence-electron chi connectivity index (χ3n) is 1.34. The highest BCUT2D eigenvalue weighted by molar-refractivity contribution is 6.33. The number of aryl methyl sites for hydroxylation is 1. The summed E-state index contributed by atoms with van der Waals surface area (Å²) in [6, 6.07) is 2.20. The molecule has 12 heavy (non-hydrogen) atoms. The summed E-state index contributed by atoms with van der Waals surface area (Å²) in [6.45, 7) is 1.51. The molecule has 0 saturated carbocycles. The van der Waals surface area contributed by atoms with Crippen LogP contribution in [0.4, 0.5) is 19.0 Å². The molecule has 0 saturated heterocycles. The molecule has 0 aliphatic heterocycles. The van der Waals surface area contributed by atoms with E-state index in [1.54, 1.807) is 0 Å². The summed E-state index contributed by atoms with van der Waals surface area (Å²) in [5, 5.41) is -1.77. The minimum atomic E-state index is -1.21. The Kier molecular flexibility index (Phi) is 2.47. The van der Waals surface area contributed by atoms with Crippen molar-refractivity contribution in [2.24, 2.45) is 0 Å². The predicted molar refractivity (Wildman–Crippen MR) is 40.8 cm³/mol. The maximum absolute atomic E-state index is 12.7. The Balaban J connectivity index is 3.28. The van der Waals surface area contributed by atoms with Crippen LogP contribution in [0, 0.1) is 12.7 Å². The van der Waals surface area contributed by atoms with Gasteiger partial charge >= 0.3 is 0 Å². The Hall–Kier alpha value is -0.900. The molecule has 0 amide bonds. The quantitative estimate of drug-likeness (QED) is 0.621. The monoisotopic (exact) mass is 195 g/mol. The summed E-state index contributed by atoms with van der Waals surface area (Å²) >= 11 is 5.26. The topological polar surface area (TPSA) is 3.24 Å². The molecular formula is C7H5ClF3N. The standard InChI is InChI=1S/C7H5ClF3N/c1-4-2-5(9)7(8)6(3-4)12(10)11/h2-3H,1H3. The van der Waals surface area contributed by atoms with Crippen molar-refractivity contribution in [3.05, 3.63) is 28.5 Å². The Morgan fingerprint density at radius 3 is 2.42 bits per heavy atom. The first-order chi connectivity index (χ1) is 5.52. The molecule has 0 heterocycles. The van der Waals surface area contributed by atoms with E-state index in [1.807, 2.05) is 0 Å². The molecule has 0 spiro atoms. The lowest BCUT2D eigenvalue weighted by Gasteiger charge is -2.06. The van der Waals surface area contributed by atoms with Crippen molar-refractivity contribution >= 4 is 17.3 Å². The lowest BCUT2D eigenvalue weighted by Crippen LogP contribution is -1.98. The van der Waals surface area contributed by atoms with Crippen LogP contribution in [0.1, 0.15) is 5.56 Å². The van der Waals surface area contributed by atoms with Crippen LogP contribution in [0.15, 0.2) is 12.1 Å². The van der Waals surface area contributed by atoms with Crippen LogP contribution in [-0.2, 0) is 0 Å². The first-order valence-corrected chi connectivity index (χ1v) is 3.47. The van der Waals surface area contributed by atoms with E-state index in [1.165, 1.54) is 6.92 Å². The summed E-state index contributed by atoms with van der Waals surface area (Å²) in [7, 11) is 0. The average Bonchev–Trinajstić information content (AvgIpc) is 1.96. The van der Waals surface area contributed by atoms with Gasteiger partial charge in [0.1, 0.15) is 16.5 Å². The molecule has 66 valence electrons. The Labute approximate surface area is 72.2 Å². The van der Waals surface area contributed by atoms with Gasteiger partial charge in [0.2, 0.25) is 0 Å². The van der Waals surface area contributed by atoms with Gasteiger partial charge < -0.3 is 0 Å². The molecule has 1 aromatic carbocycles. The van der Waals surface area contributed by atoms with Crippen molar-refractivity contribution in [3.8, 4) is 0 Å². The molecule has 0 atom stereocenters. The van der Waals surface area contributed by atoms with Gasteiger partial charge in [-0.2, -0.15) is 0 Å². The van der Waals surface area contributed by atoms with Crippen LogP contribution in [0.5, 0.6) is 0 Å². The first-order valence-electron chi connectivity index (χ1n) is 3.09. The molecule has 5 heteroatoms. The van der Waals surface area contributed by atoms with Gasteiger partial charge in [-0.3, -0.25) is 0 Å². The summed E-state index contributed by atoms with van der Waals surface area (Å²) in [5.41, 5.74) is -0.221. The van der Waals surface area contributed by atoms with Gasteiger partial charge in [-0.05, 0) is 30.0 Å². The lowest BCUT2D eigenvalue weighted by molar-refractivity contribution is 0.234. The molecular weight excluding hydrogens is 191 g/mol. The highest BCUT2D eigenvalue weighted by Gasteiger charge is 2.13. The molecule has 1 aromatic rings. The maximum atomic E-state index is 12.7. The van der Waals surface area contributed by atoms with E-state index in [0.717, 1.165) is 12.1 Å². The molecule has 1 nitrogen and oxygen atoms in total. The summed E-state index contributed by atoms with van der Waals surface area (Å²) in [4.78, 5) is 0. The molecule has 0 radical (unpaired) electrons. The number of hydrogen-bond donors (Lipinski definition) is 0. The van der Waals surface area contributed by atoms with Crippen molar-refractivity contribution in [2.45, 2.75) is 6.92 Å². The van der Waals surface area contributed by atoms with Crippen LogP contribution in [0.3, 0.4) is 0 Å². The number of anilines is 1. The van der Waals surface area contributed by atoms with Crippen LogP contribution in [0.2, 0.25) is 5.02 Å². The predicted octanol–water partition coefficient (Wildman–Crippen LogP) is 3.36. The third kappa shape index (κ3) is 1.64. The fourth-order valence-electron chi connectivity index (χ4n) is 0.829. The lowest BCUT2D eigenvalue weighted by atomic mass is 10.2. The highest BCUT2D eigenvalue weighted by Crippen LogP contribution is 2.30. The molecule has 0 aliphatic rings. The second kappa shape index (κ2) is 3.23. The molecule has 0 N–H and O–H groups in total. The number of rotatable bonds is 1. The van der Waals surface area contributed by atoms with E-state index < -0.39 is 21.9 Å². The molecule has 0 unspecified atom stereocenters. The largest absolute Gasteiger partial charge is 0.205 e. The third-order valence-corrected chi connectivity index (χ3v) is 1.71. The Morgan fingerprint density at radius 1 is 1.33 bits per heavy atom. The van der Waals surface area contributed by atoms with Gasteiger partial charge in [-0.25, -0.2) is 4.39 Å². The molecule has 1 rings (SSSR count). The fourth-order valence-corrected chi connectivity index (χ4v) is 1.00. The Morgan fingerprint density at radius 2 is 1.92 bits per heavy atom.